The summed E-state index contributed by atoms with van der Waals surface area (Å²) in [6, 6.07) is 11.2. The maximum absolute atomic E-state index is 12.2. The maximum atomic E-state index is 12.2. The predicted molar refractivity (Wildman–Crippen MR) is 111 cm³/mol. The molecule has 29 heavy (non-hydrogen) atoms. The van der Waals surface area contributed by atoms with Crippen LogP contribution in [0.25, 0.3) is 22.0 Å². The number of methoxy groups -OCH3 is 1. The van der Waals surface area contributed by atoms with Crippen LogP contribution < -0.4 is 15.8 Å². The molecule has 0 radical (unpaired) electrons. The quantitative estimate of drug-likeness (QED) is 0.482. The van der Waals surface area contributed by atoms with E-state index in [1.54, 1.807) is 7.11 Å². The number of aromatic nitrogens is 3. The topological polar surface area (TPSA) is 99.2 Å². The largest absolute Gasteiger partial charge is 0.497 e. The van der Waals surface area contributed by atoms with Crippen molar-refractivity contribution in [3.8, 4) is 27.8 Å². The fourth-order valence-corrected chi connectivity index (χ4v) is 3.94. The van der Waals surface area contributed by atoms with Crippen LogP contribution in [0.15, 0.2) is 56.4 Å². The highest BCUT2D eigenvalue weighted by molar-refractivity contribution is 7.14. The summed E-state index contributed by atoms with van der Waals surface area (Å²) < 4.78 is 11.4. The van der Waals surface area contributed by atoms with Gasteiger partial charge in [-0.3, -0.25) is 4.79 Å². The minimum atomic E-state index is -0.586. The first-order valence-electron chi connectivity index (χ1n) is 8.64. The van der Waals surface area contributed by atoms with E-state index in [4.69, 9.17) is 9.15 Å². The lowest BCUT2D eigenvalue weighted by molar-refractivity contribution is -0.116. The van der Waals surface area contributed by atoms with Gasteiger partial charge in [0.25, 0.3) is 5.89 Å². The van der Waals surface area contributed by atoms with Crippen molar-refractivity contribution in [1.82, 2.24) is 14.8 Å². The lowest BCUT2D eigenvalue weighted by Gasteiger charge is -2.02. The molecule has 0 fully saturated rings. The second kappa shape index (κ2) is 8.41. The van der Waals surface area contributed by atoms with Crippen LogP contribution in [-0.2, 0) is 11.3 Å². The van der Waals surface area contributed by atoms with Gasteiger partial charge in [-0.15, -0.1) is 27.8 Å². The van der Waals surface area contributed by atoms with Crippen molar-refractivity contribution in [1.29, 1.82) is 0 Å². The van der Waals surface area contributed by atoms with Gasteiger partial charge >= 0.3 is 5.76 Å². The molecule has 1 N–H and O–H groups in total. The minimum absolute atomic E-state index is 0.0772. The number of hydrogen-bond donors (Lipinski definition) is 1. The molecule has 0 atom stereocenters. The van der Waals surface area contributed by atoms with Crippen LogP contribution in [0.1, 0.15) is 6.42 Å². The average molecular weight is 428 g/mol. The van der Waals surface area contributed by atoms with Crippen LogP contribution in [-0.4, -0.2) is 27.8 Å². The number of benzene rings is 1. The summed E-state index contributed by atoms with van der Waals surface area (Å²) in [7, 11) is 1.61. The highest BCUT2D eigenvalue weighted by Gasteiger charge is 2.13. The van der Waals surface area contributed by atoms with E-state index < -0.39 is 5.76 Å². The Kier molecular flexibility index (Phi) is 5.54. The molecule has 0 aliphatic heterocycles. The molecule has 0 unspecified atom stereocenters. The second-order valence-electron chi connectivity index (χ2n) is 5.94. The minimum Gasteiger partial charge on any atom is -0.497 e. The zero-order valence-electron chi connectivity index (χ0n) is 15.3. The predicted octanol–water partition coefficient (Wildman–Crippen LogP) is 3.73. The van der Waals surface area contributed by atoms with Gasteiger partial charge in [-0.05, 0) is 35.7 Å². The third-order valence-corrected chi connectivity index (χ3v) is 5.64. The maximum Gasteiger partial charge on any atom is 0.437 e. The van der Waals surface area contributed by atoms with E-state index in [9.17, 15) is 9.59 Å². The summed E-state index contributed by atoms with van der Waals surface area (Å²) in [4.78, 5) is 29.3. The summed E-state index contributed by atoms with van der Waals surface area (Å²) in [6.07, 6.45) is 0.0772. The van der Waals surface area contributed by atoms with Gasteiger partial charge in [0, 0.05) is 17.4 Å². The van der Waals surface area contributed by atoms with E-state index in [1.165, 1.54) is 22.7 Å². The molecule has 0 saturated heterocycles. The number of ether oxygens (including phenoxy) is 1. The molecule has 8 nitrogen and oxygen atoms in total. The van der Waals surface area contributed by atoms with Crippen molar-refractivity contribution in [3.05, 3.63) is 57.7 Å². The number of thiophene rings is 1. The zero-order valence-corrected chi connectivity index (χ0v) is 17.0. The number of carbonyl (C=O) groups excluding carboxylic acids is 1. The summed E-state index contributed by atoms with van der Waals surface area (Å²) in [5.41, 5.74) is 1.69. The summed E-state index contributed by atoms with van der Waals surface area (Å²) >= 11 is 2.76. The number of carbonyl (C=O) groups is 1. The lowest BCUT2D eigenvalue weighted by Crippen LogP contribution is -2.20. The normalized spacial score (nSPS) is 10.8. The number of thiazole rings is 1. The average Bonchev–Trinajstić information content (AvgIpc) is 3.48. The molecule has 4 rings (SSSR count). The molecule has 4 aromatic rings. The molecule has 3 aromatic heterocycles. The van der Waals surface area contributed by atoms with Gasteiger partial charge in [0.05, 0.1) is 24.2 Å². The highest BCUT2D eigenvalue weighted by Crippen LogP contribution is 2.26. The number of rotatable bonds is 7. The van der Waals surface area contributed by atoms with E-state index >= 15 is 0 Å². The van der Waals surface area contributed by atoms with E-state index in [0.29, 0.717) is 5.13 Å². The van der Waals surface area contributed by atoms with Gasteiger partial charge in [-0.25, -0.2) is 9.78 Å². The van der Waals surface area contributed by atoms with Crippen LogP contribution in [0, 0.1) is 0 Å². The Morgan fingerprint density at radius 3 is 2.79 bits per heavy atom. The Labute approximate surface area is 173 Å². The molecule has 0 spiro atoms. The SMILES string of the molecule is COc1ccc(-c2csc(NC(=O)CCn3nc(-c4cccs4)oc3=O)n2)cc1. The van der Waals surface area contributed by atoms with Crippen molar-refractivity contribution in [2.45, 2.75) is 13.0 Å². The smallest absolute Gasteiger partial charge is 0.437 e. The summed E-state index contributed by atoms with van der Waals surface area (Å²) in [5, 5.41) is 11.1. The van der Waals surface area contributed by atoms with Crippen LogP contribution >= 0.6 is 22.7 Å². The van der Waals surface area contributed by atoms with E-state index in [-0.39, 0.29) is 24.8 Å². The molecule has 0 aliphatic rings. The number of aryl methyl sites for hydroxylation is 1. The van der Waals surface area contributed by atoms with Gasteiger partial charge in [0.15, 0.2) is 5.13 Å². The van der Waals surface area contributed by atoms with Crippen molar-refractivity contribution < 1.29 is 13.9 Å². The second-order valence-corrected chi connectivity index (χ2v) is 7.74. The molecule has 0 bridgehead atoms. The van der Waals surface area contributed by atoms with Crippen LogP contribution in [0.5, 0.6) is 5.75 Å². The van der Waals surface area contributed by atoms with Gasteiger partial charge in [0.1, 0.15) is 5.75 Å². The number of hydrogen-bond acceptors (Lipinski definition) is 8. The van der Waals surface area contributed by atoms with Crippen LogP contribution in [0.4, 0.5) is 5.13 Å². The van der Waals surface area contributed by atoms with Crippen molar-refractivity contribution in [3.63, 3.8) is 0 Å². The van der Waals surface area contributed by atoms with Gasteiger partial charge in [-0.1, -0.05) is 6.07 Å². The molecular weight excluding hydrogens is 412 g/mol. The first-order valence-corrected chi connectivity index (χ1v) is 10.4. The first kappa shape index (κ1) is 19.1. The fraction of sp³-hybridized carbons (Fsp3) is 0.158. The van der Waals surface area contributed by atoms with Gasteiger partial charge < -0.3 is 14.5 Å². The van der Waals surface area contributed by atoms with Crippen molar-refractivity contribution in [2.75, 3.05) is 12.4 Å². The molecule has 3 heterocycles. The molecule has 10 heteroatoms. The molecule has 1 aromatic carbocycles. The molecule has 0 saturated carbocycles. The molecular formula is C19H16N4O4S2. The third kappa shape index (κ3) is 4.44. The summed E-state index contributed by atoms with van der Waals surface area (Å²) in [5.74, 6) is 0.183. The fourth-order valence-electron chi connectivity index (χ4n) is 2.56. The number of nitrogens with zero attached hydrogens (tertiary/aromatic N) is 3. The van der Waals surface area contributed by atoms with Gasteiger partial charge in [0.2, 0.25) is 5.91 Å². The molecule has 0 aliphatic carbocycles. The third-order valence-electron chi connectivity index (χ3n) is 4.03. The molecule has 1 amide bonds. The van der Waals surface area contributed by atoms with Crippen molar-refractivity contribution >= 4 is 33.7 Å². The highest BCUT2D eigenvalue weighted by atomic mass is 32.1. The van der Waals surface area contributed by atoms with Crippen LogP contribution in [0.2, 0.25) is 0 Å². The van der Waals surface area contributed by atoms with Crippen molar-refractivity contribution in [2.24, 2.45) is 0 Å². The Hall–Kier alpha value is -3.24. The van der Waals surface area contributed by atoms with E-state index in [2.05, 4.69) is 15.4 Å². The van der Waals surface area contributed by atoms with Gasteiger partial charge in [-0.2, -0.15) is 4.68 Å². The van der Waals surface area contributed by atoms with E-state index in [1.807, 2.05) is 47.2 Å². The standard InChI is InChI=1S/C19H16N4O4S2/c1-26-13-6-4-12(5-7-13)14-11-29-18(20-14)21-16(24)8-9-23-19(25)27-17(22-23)15-3-2-10-28-15/h2-7,10-11H,8-9H2,1H3,(H,20,21,24). The Morgan fingerprint density at radius 1 is 1.24 bits per heavy atom. The Morgan fingerprint density at radius 2 is 2.07 bits per heavy atom. The first-order chi connectivity index (χ1) is 14.1. The lowest BCUT2D eigenvalue weighted by atomic mass is 10.2. The number of nitrogens with one attached hydrogen (secondary N) is 1. The summed E-state index contributed by atoms with van der Waals surface area (Å²) in [6.45, 7) is 0.121. The number of anilines is 1. The Bertz CT molecular complexity index is 1160. The zero-order chi connectivity index (χ0) is 20.2. The van der Waals surface area contributed by atoms with E-state index in [0.717, 1.165) is 26.6 Å². The molecule has 148 valence electrons. The monoisotopic (exact) mass is 428 g/mol. The van der Waals surface area contributed by atoms with Crippen LogP contribution in [0.3, 0.4) is 0 Å². The number of amides is 1. The Balaban J connectivity index is 1.36.